The van der Waals surface area contributed by atoms with Crippen LogP contribution in [0.4, 0.5) is 0 Å². The van der Waals surface area contributed by atoms with E-state index >= 15 is 0 Å². The first-order chi connectivity index (χ1) is 8.06. The van der Waals surface area contributed by atoms with Gasteiger partial charge >= 0.3 is 0 Å². The van der Waals surface area contributed by atoms with E-state index in [1.165, 1.54) is 11.3 Å². The lowest BCUT2D eigenvalue weighted by Gasteiger charge is -2.11. The monoisotopic (exact) mass is 305 g/mol. The Morgan fingerprint density at radius 1 is 1.12 bits per heavy atom. The van der Waals surface area contributed by atoms with Crippen molar-refractivity contribution in [2.45, 2.75) is 12.5 Å². The molecule has 0 aliphatic carbocycles. The van der Waals surface area contributed by atoms with Crippen molar-refractivity contribution >= 4 is 46.1 Å². The smallest absolute Gasteiger partial charge is 0.0931 e. The van der Waals surface area contributed by atoms with E-state index in [2.05, 4.69) is 0 Å². The Morgan fingerprint density at radius 3 is 2.53 bits per heavy atom. The number of benzene rings is 1. The molecule has 5 heteroatoms. The van der Waals surface area contributed by atoms with Gasteiger partial charge in [-0.1, -0.05) is 34.8 Å². The highest BCUT2D eigenvalue weighted by atomic mass is 35.5. The van der Waals surface area contributed by atoms with Crippen LogP contribution in [0.25, 0.3) is 0 Å². The fourth-order valence-electron chi connectivity index (χ4n) is 1.56. The second-order valence-electron chi connectivity index (χ2n) is 3.69. The third-order valence-electron chi connectivity index (χ3n) is 2.41. The predicted molar refractivity (Wildman–Crippen MR) is 76.4 cm³/mol. The summed E-state index contributed by atoms with van der Waals surface area (Å²) in [6, 6.07) is 9.08. The van der Waals surface area contributed by atoms with Gasteiger partial charge in [-0.25, -0.2) is 0 Å². The van der Waals surface area contributed by atoms with Crippen molar-refractivity contribution < 1.29 is 0 Å². The minimum atomic E-state index is -0.108. The highest BCUT2D eigenvalue weighted by Gasteiger charge is 2.12. The first kappa shape index (κ1) is 13.2. The molecule has 0 bridgehead atoms. The molecule has 1 atom stereocenters. The normalized spacial score (nSPS) is 12.7. The van der Waals surface area contributed by atoms with Gasteiger partial charge in [0.1, 0.15) is 0 Å². The number of thiophene rings is 1. The van der Waals surface area contributed by atoms with Gasteiger partial charge in [0.15, 0.2) is 0 Å². The van der Waals surface area contributed by atoms with Crippen molar-refractivity contribution in [3.8, 4) is 0 Å². The molecule has 0 saturated heterocycles. The molecule has 90 valence electrons. The molecular formula is C12H10Cl3NS. The maximum absolute atomic E-state index is 6.11. The minimum Gasteiger partial charge on any atom is -0.323 e. The van der Waals surface area contributed by atoms with E-state index in [1.54, 1.807) is 12.1 Å². The quantitative estimate of drug-likeness (QED) is 0.853. The summed E-state index contributed by atoms with van der Waals surface area (Å²) in [5.74, 6) is 0. The maximum Gasteiger partial charge on any atom is 0.0931 e. The summed E-state index contributed by atoms with van der Waals surface area (Å²) in [6.45, 7) is 0. The molecule has 2 N–H and O–H groups in total. The molecule has 0 fully saturated rings. The Hall–Kier alpha value is -0.250. The summed E-state index contributed by atoms with van der Waals surface area (Å²) >= 11 is 19.4. The topological polar surface area (TPSA) is 26.0 Å². The highest BCUT2D eigenvalue weighted by molar-refractivity contribution is 7.16. The van der Waals surface area contributed by atoms with E-state index < -0.39 is 0 Å². The van der Waals surface area contributed by atoms with Crippen LogP contribution in [-0.2, 0) is 6.42 Å². The SMILES string of the molecule is NC(Cc1cc(Cl)ccc1Cl)c1ccc(Cl)s1. The zero-order valence-electron chi connectivity index (χ0n) is 8.79. The van der Waals surface area contributed by atoms with Gasteiger partial charge < -0.3 is 5.73 Å². The predicted octanol–water partition coefficient (Wildman–Crippen LogP) is 4.95. The molecule has 17 heavy (non-hydrogen) atoms. The van der Waals surface area contributed by atoms with Gasteiger partial charge in [0.05, 0.1) is 4.34 Å². The summed E-state index contributed by atoms with van der Waals surface area (Å²) in [5.41, 5.74) is 7.06. The highest BCUT2D eigenvalue weighted by Crippen LogP contribution is 2.30. The standard InChI is InChI=1S/C12H10Cl3NS/c13-8-1-2-9(14)7(5-8)6-10(16)11-3-4-12(15)17-11/h1-5,10H,6,16H2. The number of halogens is 3. The molecule has 0 aliphatic rings. The van der Waals surface area contributed by atoms with Crippen LogP contribution in [0.3, 0.4) is 0 Å². The Labute approximate surface area is 119 Å². The third kappa shape index (κ3) is 3.36. The van der Waals surface area contributed by atoms with Crippen molar-refractivity contribution in [3.63, 3.8) is 0 Å². The molecule has 0 radical (unpaired) electrons. The second kappa shape index (κ2) is 5.59. The zero-order chi connectivity index (χ0) is 12.4. The molecule has 1 aromatic heterocycles. The summed E-state index contributed by atoms with van der Waals surface area (Å²) in [7, 11) is 0. The molecule has 1 heterocycles. The summed E-state index contributed by atoms with van der Waals surface area (Å²) in [4.78, 5) is 1.05. The van der Waals surface area contributed by atoms with Gasteiger partial charge in [0, 0.05) is 21.0 Å². The first-order valence-corrected chi connectivity index (χ1v) is 6.96. The van der Waals surface area contributed by atoms with Crippen LogP contribution in [0, 0.1) is 0 Å². The van der Waals surface area contributed by atoms with Gasteiger partial charge in [0.25, 0.3) is 0 Å². The zero-order valence-corrected chi connectivity index (χ0v) is 11.9. The molecule has 1 unspecified atom stereocenters. The average molecular weight is 307 g/mol. The first-order valence-electron chi connectivity index (χ1n) is 5.01. The number of hydrogen-bond donors (Lipinski definition) is 1. The summed E-state index contributed by atoms with van der Waals surface area (Å²) in [6.07, 6.45) is 0.649. The molecule has 0 aliphatic heterocycles. The van der Waals surface area contributed by atoms with Crippen molar-refractivity contribution in [2.75, 3.05) is 0 Å². The second-order valence-corrected chi connectivity index (χ2v) is 6.28. The molecule has 2 aromatic rings. The summed E-state index contributed by atoms with van der Waals surface area (Å²) in [5, 5.41) is 1.35. The Balaban J connectivity index is 2.18. The Bertz CT molecular complexity index is 524. The number of hydrogen-bond acceptors (Lipinski definition) is 2. The van der Waals surface area contributed by atoms with E-state index in [4.69, 9.17) is 40.5 Å². The van der Waals surface area contributed by atoms with Crippen LogP contribution in [0.5, 0.6) is 0 Å². The largest absolute Gasteiger partial charge is 0.323 e. The van der Waals surface area contributed by atoms with E-state index in [-0.39, 0.29) is 6.04 Å². The third-order valence-corrected chi connectivity index (χ3v) is 4.37. The van der Waals surface area contributed by atoms with Crippen LogP contribution in [0.15, 0.2) is 30.3 Å². The lowest BCUT2D eigenvalue weighted by molar-refractivity contribution is 0.737. The van der Waals surface area contributed by atoms with Gasteiger partial charge in [-0.2, -0.15) is 0 Å². The Kier molecular flexibility index (Phi) is 4.34. The molecule has 1 aromatic carbocycles. The van der Waals surface area contributed by atoms with Gasteiger partial charge in [-0.3, -0.25) is 0 Å². The van der Waals surface area contributed by atoms with E-state index in [9.17, 15) is 0 Å². The Morgan fingerprint density at radius 2 is 1.88 bits per heavy atom. The molecular weight excluding hydrogens is 297 g/mol. The van der Waals surface area contributed by atoms with Gasteiger partial charge in [-0.15, -0.1) is 11.3 Å². The lowest BCUT2D eigenvalue weighted by Crippen LogP contribution is -2.12. The molecule has 0 saturated carbocycles. The lowest BCUT2D eigenvalue weighted by atomic mass is 10.1. The van der Waals surface area contributed by atoms with E-state index in [1.807, 2.05) is 18.2 Å². The van der Waals surface area contributed by atoms with Crippen molar-refractivity contribution in [3.05, 3.63) is 55.2 Å². The fourth-order valence-corrected chi connectivity index (χ4v) is 3.02. The maximum atomic E-state index is 6.11. The van der Waals surface area contributed by atoms with E-state index in [0.717, 1.165) is 14.8 Å². The molecule has 1 nitrogen and oxygen atoms in total. The van der Waals surface area contributed by atoms with Gasteiger partial charge in [-0.05, 0) is 42.3 Å². The summed E-state index contributed by atoms with van der Waals surface area (Å²) < 4.78 is 0.743. The van der Waals surface area contributed by atoms with Gasteiger partial charge in [0.2, 0.25) is 0 Å². The van der Waals surface area contributed by atoms with Crippen LogP contribution in [0.1, 0.15) is 16.5 Å². The molecule has 0 amide bonds. The van der Waals surface area contributed by atoms with Crippen molar-refractivity contribution in [1.82, 2.24) is 0 Å². The van der Waals surface area contributed by atoms with Crippen LogP contribution in [0.2, 0.25) is 14.4 Å². The van der Waals surface area contributed by atoms with Crippen LogP contribution < -0.4 is 5.73 Å². The van der Waals surface area contributed by atoms with Crippen molar-refractivity contribution in [1.29, 1.82) is 0 Å². The van der Waals surface area contributed by atoms with Crippen molar-refractivity contribution in [2.24, 2.45) is 5.73 Å². The van der Waals surface area contributed by atoms with E-state index in [0.29, 0.717) is 16.5 Å². The number of rotatable bonds is 3. The molecule has 2 rings (SSSR count). The number of nitrogens with two attached hydrogens (primary N) is 1. The average Bonchev–Trinajstić information content (AvgIpc) is 2.70. The molecule has 0 spiro atoms. The minimum absolute atomic E-state index is 0.108. The fraction of sp³-hybridized carbons (Fsp3) is 0.167. The van der Waals surface area contributed by atoms with Crippen LogP contribution >= 0.6 is 46.1 Å². The van der Waals surface area contributed by atoms with Crippen LogP contribution in [-0.4, -0.2) is 0 Å².